The average molecular weight is 517 g/mol. The molecule has 0 aromatic heterocycles. The van der Waals surface area contributed by atoms with Crippen LogP contribution in [0.5, 0.6) is 5.75 Å². The van der Waals surface area contributed by atoms with Crippen molar-refractivity contribution in [2.45, 2.75) is 25.7 Å². The second-order valence-electron chi connectivity index (χ2n) is 8.62. The van der Waals surface area contributed by atoms with E-state index in [4.69, 9.17) is 20.9 Å². The first-order valence-electron chi connectivity index (χ1n) is 12.3. The lowest BCUT2D eigenvalue weighted by Gasteiger charge is -2.08. The molecule has 0 aliphatic heterocycles. The van der Waals surface area contributed by atoms with Crippen LogP contribution in [0.15, 0.2) is 72.8 Å². The third kappa shape index (κ3) is 8.81. The van der Waals surface area contributed by atoms with Gasteiger partial charge in [0, 0.05) is 28.6 Å². The maximum atomic E-state index is 12.7. The Bertz CT molecular complexity index is 1250. The third-order valence-electron chi connectivity index (χ3n) is 5.66. The number of esters is 2. The number of carbonyl (C=O) groups is 3. The highest BCUT2D eigenvalue weighted by Crippen LogP contribution is 2.18. The van der Waals surface area contributed by atoms with E-state index in [0.717, 1.165) is 31.2 Å². The van der Waals surface area contributed by atoms with Crippen molar-refractivity contribution in [3.05, 3.63) is 95.1 Å². The molecule has 0 spiro atoms. The summed E-state index contributed by atoms with van der Waals surface area (Å²) in [5, 5.41) is 0. The molecule has 38 heavy (non-hydrogen) atoms. The average Bonchev–Trinajstić information content (AvgIpc) is 2.92. The molecular weight excluding hydrogens is 484 g/mol. The SMILES string of the molecule is COC(=O)/C=C/c1ccc(C(=O)c2ccc(OCCCCCCOC(=O)c3cc(N)cc(N)c3)cc2)cc1. The molecule has 0 atom stereocenters. The van der Waals surface area contributed by atoms with Gasteiger partial charge in [0.25, 0.3) is 0 Å². The molecule has 0 unspecified atom stereocenters. The van der Waals surface area contributed by atoms with Crippen LogP contribution in [0.4, 0.5) is 11.4 Å². The van der Waals surface area contributed by atoms with Crippen molar-refractivity contribution in [2.75, 3.05) is 31.8 Å². The van der Waals surface area contributed by atoms with E-state index in [0.29, 0.717) is 47.0 Å². The lowest BCUT2D eigenvalue weighted by Crippen LogP contribution is -2.08. The number of nitrogens with two attached hydrogens (primary N) is 2. The zero-order valence-electron chi connectivity index (χ0n) is 21.4. The van der Waals surface area contributed by atoms with Crippen LogP contribution >= 0.6 is 0 Å². The monoisotopic (exact) mass is 516 g/mol. The van der Waals surface area contributed by atoms with E-state index in [1.165, 1.54) is 13.2 Å². The summed E-state index contributed by atoms with van der Waals surface area (Å²) < 4.78 is 15.6. The largest absolute Gasteiger partial charge is 0.494 e. The van der Waals surface area contributed by atoms with Crippen molar-refractivity contribution < 1.29 is 28.6 Å². The van der Waals surface area contributed by atoms with Crippen LogP contribution in [0.25, 0.3) is 6.08 Å². The van der Waals surface area contributed by atoms with Gasteiger partial charge in [-0.1, -0.05) is 24.3 Å². The van der Waals surface area contributed by atoms with E-state index >= 15 is 0 Å². The summed E-state index contributed by atoms with van der Waals surface area (Å²) in [6.07, 6.45) is 6.40. The predicted molar refractivity (Wildman–Crippen MR) is 147 cm³/mol. The molecule has 0 aliphatic carbocycles. The molecule has 0 heterocycles. The van der Waals surface area contributed by atoms with Crippen molar-refractivity contribution in [1.82, 2.24) is 0 Å². The van der Waals surface area contributed by atoms with Crippen molar-refractivity contribution in [3.63, 3.8) is 0 Å². The third-order valence-corrected chi connectivity index (χ3v) is 5.66. The Labute approximate surface area is 222 Å². The van der Waals surface area contributed by atoms with Crippen LogP contribution in [0.3, 0.4) is 0 Å². The van der Waals surface area contributed by atoms with E-state index in [9.17, 15) is 14.4 Å². The van der Waals surface area contributed by atoms with E-state index in [-0.39, 0.29) is 5.78 Å². The fourth-order valence-electron chi connectivity index (χ4n) is 3.64. The van der Waals surface area contributed by atoms with Gasteiger partial charge in [0.15, 0.2) is 5.78 Å². The Balaban J connectivity index is 1.33. The molecule has 0 saturated heterocycles. The van der Waals surface area contributed by atoms with Gasteiger partial charge >= 0.3 is 11.9 Å². The first-order chi connectivity index (χ1) is 18.4. The standard InChI is InChI=1S/C30H32N2O6/c1-36-28(33)15-8-21-6-9-22(10-7-21)29(34)23-11-13-27(14-12-23)37-16-4-2-3-5-17-38-30(35)24-18-25(31)20-26(32)19-24/h6-15,18-20H,2-5,16-17,31-32H2,1H3/b15-8+. The predicted octanol–water partition coefficient (Wildman–Crippen LogP) is 5.06. The molecule has 8 nitrogen and oxygen atoms in total. The number of nitrogen functional groups attached to an aromatic ring is 2. The Morgan fingerprint density at radius 2 is 1.32 bits per heavy atom. The van der Waals surface area contributed by atoms with Gasteiger partial charge in [-0.3, -0.25) is 4.79 Å². The minimum atomic E-state index is -0.438. The van der Waals surface area contributed by atoms with E-state index in [2.05, 4.69) is 4.74 Å². The lowest BCUT2D eigenvalue weighted by atomic mass is 10.0. The summed E-state index contributed by atoms with van der Waals surface area (Å²) >= 11 is 0. The summed E-state index contributed by atoms with van der Waals surface area (Å²) in [6.45, 7) is 0.882. The molecule has 3 rings (SSSR count). The maximum absolute atomic E-state index is 12.7. The molecule has 0 fully saturated rings. The number of carbonyl (C=O) groups excluding carboxylic acids is 3. The number of methoxy groups -OCH3 is 1. The zero-order chi connectivity index (χ0) is 27.3. The number of hydrogen-bond donors (Lipinski definition) is 2. The highest BCUT2D eigenvalue weighted by molar-refractivity contribution is 6.09. The second kappa shape index (κ2) is 14.2. The van der Waals surface area contributed by atoms with Crippen LogP contribution in [0.2, 0.25) is 0 Å². The smallest absolute Gasteiger partial charge is 0.338 e. The summed E-state index contributed by atoms with van der Waals surface area (Å²) in [6, 6.07) is 18.7. The van der Waals surface area contributed by atoms with Gasteiger partial charge in [0.05, 0.1) is 25.9 Å². The van der Waals surface area contributed by atoms with Crippen molar-refractivity contribution >= 4 is 35.2 Å². The fourth-order valence-corrected chi connectivity index (χ4v) is 3.64. The van der Waals surface area contributed by atoms with Crippen molar-refractivity contribution in [1.29, 1.82) is 0 Å². The highest BCUT2D eigenvalue weighted by atomic mass is 16.5. The van der Waals surface area contributed by atoms with Gasteiger partial charge < -0.3 is 25.7 Å². The number of anilines is 2. The normalized spacial score (nSPS) is 10.8. The molecule has 8 heteroatoms. The Morgan fingerprint density at radius 3 is 1.92 bits per heavy atom. The lowest BCUT2D eigenvalue weighted by molar-refractivity contribution is -0.134. The maximum Gasteiger partial charge on any atom is 0.338 e. The molecule has 4 N–H and O–H groups in total. The molecule has 198 valence electrons. The first kappa shape index (κ1) is 28.0. The number of unbranched alkanes of at least 4 members (excludes halogenated alkanes) is 3. The summed E-state index contributed by atoms with van der Waals surface area (Å²) in [5.74, 6) is -0.272. The molecule has 0 amide bonds. The van der Waals surface area contributed by atoms with Gasteiger partial charge in [-0.15, -0.1) is 0 Å². The van der Waals surface area contributed by atoms with E-state index in [1.807, 2.05) is 0 Å². The molecule has 0 saturated carbocycles. The Kier molecular flexibility index (Phi) is 10.5. The van der Waals surface area contributed by atoms with Gasteiger partial charge in [-0.05, 0) is 79.8 Å². The molecule has 3 aromatic carbocycles. The summed E-state index contributed by atoms with van der Waals surface area (Å²) in [4.78, 5) is 36.0. The summed E-state index contributed by atoms with van der Waals surface area (Å²) in [7, 11) is 1.32. The number of ketones is 1. The number of hydrogen-bond acceptors (Lipinski definition) is 8. The quantitative estimate of drug-likeness (QED) is 0.106. The summed E-state index contributed by atoms with van der Waals surface area (Å²) in [5.41, 5.74) is 14.5. The van der Waals surface area contributed by atoms with Crippen LogP contribution in [-0.4, -0.2) is 38.0 Å². The number of benzene rings is 3. The Morgan fingerprint density at radius 1 is 0.737 bits per heavy atom. The van der Waals surface area contributed by atoms with Crippen LogP contribution < -0.4 is 16.2 Å². The molecule has 0 aliphatic rings. The number of ether oxygens (including phenoxy) is 3. The number of rotatable bonds is 13. The van der Waals surface area contributed by atoms with Crippen LogP contribution in [0, 0.1) is 0 Å². The van der Waals surface area contributed by atoms with Gasteiger partial charge in [0.1, 0.15) is 5.75 Å². The molecular formula is C30H32N2O6. The van der Waals surface area contributed by atoms with Crippen LogP contribution in [0.1, 0.15) is 57.5 Å². The van der Waals surface area contributed by atoms with E-state index in [1.54, 1.807) is 72.8 Å². The van der Waals surface area contributed by atoms with Crippen LogP contribution in [-0.2, 0) is 14.3 Å². The Hall–Kier alpha value is -4.59. The zero-order valence-corrected chi connectivity index (χ0v) is 21.4. The minimum Gasteiger partial charge on any atom is -0.494 e. The van der Waals surface area contributed by atoms with E-state index < -0.39 is 11.9 Å². The van der Waals surface area contributed by atoms with Gasteiger partial charge in [-0.25, -0.2) is 9.59 Å². The molecule has 0 bridgehead atoms. The fraction of sp³-hybridized carbons (Fsp3) is 0.233. The van der Waals surface area contributed by atoms with Gasteiger partial charge in [0.2, 0.25) is 0 Å². The first-order valence-corrected chi connectivity index (χ1v) is 12.3. The topological polar surface area (TPSA) is 131 Å². The van der Waals surface area contributed by atoms with Gasteiger partial charge in [-0.2, -0.15) is 0 Å². The molecule has 0 radical (unpaired) electrons. The van der Waals surface area contributed by atoms with Crippen molar-refractivity contribution in [2.24, 2.45) is 0 Å². The molecule has 3 aromatic rings. The second-order valence-corrected chi connectivity index (χ2v) is 8.62. The highest BCUT2D eigenvalue weighted by Gasteiger charge is 2.10. The van der Waals surface area contributed by atoms with Crippen molar-refractivity contribution in [3.8, 4) is 5.75 Å². The minimum absolute atomic E-state index is 0.0973.